The Labute approximate surface area is 155 Å². The van der Waals surface area contributed by atoms with Crippen LogP contribution in [0.1, 0.15) is 11.1 Å². The molecule has 0 saturated carbocycles. The minimum Gasteiger partial charge on any atom is -0.316 e. The number of nitrogens with zero attached hydrogens (tertiary/aromatic N) is 2. The molecule has 28 heavy (non-hydrogen) atoms. The Hall–Kier alpha value is -4.34. The number of hydrogen-bond acceptors (Lipinski definition) is 6. The van der Waals surface area contributed by atoms with Gasteiger partial charge in [-0.2, -0.15) is 0 Å². The van der Waals surface area contributed by atoms with Crippen molar-refractivity contribution in [3.05, 3.63) is 111 Å². The van der Waals surface area contributed by atoms with Crippen molar-refractivity contribution < 1.29 is 9.85 Å². The molecule has 0 spiro atoms. The van der Waals surface area contributed by atoms with Crippen LogP contribution in [0, 0.1) is 20.2 Å². The van der Waals surface area contributed by atoms with Gasteiger partial charge in [0.25, 0.3) is 22.5 Å². The molecular formula is C18H12N4O6. The zero-order valence-corrected chi connectivity index (χ0v) is 14.1. The molecule has 0 aliphatic heterocycles. The lowest BCUT2D eigenvalue weighted by molar-refractivity contribution is -0.385. The number of nitrogens with one attached hydrogen (secondary N) is 2. The van der Waals surface area contributed by atoms with Crippen LogP contribution in [-0.4, -0.2) is 19.8 Å². The molecule has 0 amide bonds. The maximum absolute atomic E-state index is 12.3. The lowest BCUT2D eigenvalue weighted by Gasteiger charge is -1.96. The average molecular weight is 380 g/mol. The summed E-state index contributed by atoms with van der Waals surface area (Å²) in [6, 6.07) is 11.2. The lowest BCUT2D eigenvalue weighted by Crippen LogP contribution is -2.46. The van der Waals surface area contributed by atoms with Gasteiger partial charge in [0.2, 0.25) is 0 Å². The van der Waals surface area contributed by atoms with Crippen LogP contribution in [0.3, 0.4) is 0 Å². The summed E-state index contributed by atoms with van der Waals surface area (Å²) in [5.41, 5.74) is -0.812. The molecule has 2 N–H and O–H groups in total. The van der Waals surface area contributed by atoms with Gasteiger partial charge < -0.3 is 9.97 Å². The highest BCUT2D eigenvalue weighted by Gasteiger charge is 2.06. The Morgan fingerprint density at radius 3 is 1.46 bits per heavy atom. The molecule has 0 bridgehead atoms. The van der Waals surface area contributed by atoms with Crippen molar-refractivity contribution >= 4 is 23.5 Å². The fraction of sp³-hybridized carbons (Fsp3) is 0. The number of H-pyrrole nitrogens is 2. The van der Waals surface area contributed by atoms with E-state index >= 15 is 0 Å². The highest BCUT2D eigenvalue weighted by Crippen LogP contribution is 2.13. The Morgan fingerprint density at radius 2 is 1.11 bits per heavy atom. The second-order valence-corrected chi connectivity index (χ2v) is 5.73. The summed E-state index contributed by atoms with van der Waals surface area (Å²) in [5, 5.41) is 21.5. The maximum atomic E-state index is 12.3. The number of rotatable bonds is 4. The molecule has 1 aromatic heterocycles. The third kappa shape index (κ3) is 4.07. The standard InChI is InChI=1S/C18H12N4O6/c23-17-15(9-11-3-1-5-13(7-11)21(25)26)19-18(24)16(20-17)10-12-4-2-6-14(8-12)22(27)28/h1-10H,(H,19,24)(H,20,23)/b15-9+,16-10+. The van der Waals surface area contributed by atoms with Gasteiger partial charge in [-0.3, -0.25) is 29.8 Å². The second-order valence-electron chi connectivity index (χ2n) is 5.73. The van der Waals surface area contributed by atoms with E-state index in [0.717, 1.165) is 0 Å². The molecule has 2 aromatic carbocycles. The van der Waals surface area contributed by atoms with Gasteiger partial charge in [-0.1, -0.05) is 24.3 Å². The zero-order chi connectivity index (χ0) is 20.3. The van der Waals surface area contributed by atoms with Gasteiger partial charge in [-0.05, 0) is 23.3 Å². The Balaban J connectivity index is 2.09. The van der Waals surface area contributed by atoms with E-state index < -0.39 is 21.0 Å². The van der Waals surface area contributed by atoms with E-state index in [9.17, 15) is 29.8 Å². The van der Waals surface area contributed by atoms with E-state index in [2.05, 4.69) is 9.97 Å². The first-order chi connectivity index (χ1) is 13.3. The lowest BCUT2D eigenvalue weighted by atomic mass is 10.2. The number of aromatic amines is 2. The van der Waals surface area contributed by atoms with Crippen molar-refractivity contribution in [3.63, 3.8) is 0 Å². The van der Waals surface area contributed by atoms with Crippen LogP contribution in [0.15, 0.2) is 58.1 Å². The van der Waals surface area contributed by atoms with Crippen LogP contribution >= 0.6 is 0 Å². The summed E-state index contributed by atoms with van der Waals surface area (Å²) in [7, 11) is 0. The molecule has 3 rings (SSSR count). The maximum Gasteiger partial charge on any atom is 0.272 e. The van der Waals surface area contributed by atoms with Crippen LogP contribution < -0.4 is 21.8 Å². The molecule has 3 aromatic rings. The summed E-state index contributed by atoms with van der Waals surface area (Å²) >= 11 is 0. The molecule has 0 aliphatic rings. The van der Waals surface area contributed by atoms with E-state index in [1.54, 1.807) is 12.1 Å². The van der Waals surface area contributed by atoms with E-state index in [1.807, 2.05) is 0 Å². The van der Waals surface area contributed by atoms with Crippen molar-refractivity contribution in [2.45, 2.75) is 0 Å². The monoisotopic (exact) mass is 380 g/mol. The summed E-state index contributed by atoms with van der Waals surface area (Å²) < 4.78 is 0. The van der Waals surface area contributed by atoms with Crippen LogP contribution in [0.2, 0.25) is 0 Å². The van der Waals surface area contributed by atoms with Gasteiger partial charge >= 0.3 is 0 Å². The molecule has 10 nitrogen and oxygen atoms in total. The number of nitro benzene ring substituents is 2. The highest BCUT2D eigenvalue weighted by molar-refractivity contribution is 5.53. The van der Waals surface area contributed by atoms with Gasteiger partial charge in [-0.25, -0.2) is 0 Å². The minimum absolute atomic E-state index is 0.0818. The molecule has 140 valence electrons. The molecule has 10 heteroatoms. The predicted octanol–water partition coefficient (Wildman–Crippen LogP) is 0.537. The van der Waals surface area contributed by atoms with Crippen molar-refractivity contribution in [1.29, 1.82) is 0 Å². The first kappa shape index (κ1) is 18.5. The Morgan fingerprint density at radius 1 is 0.714 bits per heavy atom. The average Bonchev–Trinajstić information content (AvgIpc) is 2.66. The van der Waals surface area contributed by atoms with Gasteiger partial charge in [0.05, 0.1) is 9.85 Å². The van der Waals surface area contributed by atoms with Gasteiger partial charge in [0.15, 0.2) is 0 Å². The first-order valence-electron chi connectivity index (χ1n) is 7.88. The zero-order valence-electron chi connectivity index (χ0n) is 14.1. The van der Waals surface area contributed by atoms with Gasteiger partial charge in [0, 0.05) is 24.3 Å². The Kier molecular flexibility index (Phi) is 4.94. The largest absolute Gasteiger partial charge is 0.316 e. The van der Waals surface area contributed by atoms with Gasteiger partial charge in [-0.15, -0.1) is 0 Å². The highest BCUT2D eigenvalue weighted by atomic mass is 16.6. The van der Waals surface area contributed by atoms with Crippen molar-refractivity contribution in [2.24, 2.45) is 0 Å². The Bertz CT molecular complexity index is 1220. The van der Waals surface area contributed by atoms with E-state index in [0.29, 0.717) is 11.1 Å². The molecule has 0 aliphatic carbocycles. The van der Waals surface area contributed by atoms with Crippen molar-refractivity contribution in [2.75, 3.05) is 0 Å². The summed E-state index contributed by atoms with van der Waals surface area (Å²) in [5.74, 6) is 0. The normalized spacial score (nSPS) is 12.1. The van der Waals surface area contributed by atoms with E-state index in [-0.39, 0.29) is 22.1 Å². The third-order valence-corrected chi connectivity index (χ3v) is 3.77. The smallest absolute Gasteiger partial charge is 0.272 e. The molecule has 0 fully saturated rings. The van der Waals surface area contributed by atoms with Crippen molar-refractivity contribution in [1.82, 2.24) is 9.97 Å². The summed E-state index contributed by atoms with van der Waals surface area (Å²) in [6.07, 6.45) is 2.62. The SMILES string of the molecule is O=c1[nH]/c(=C/c2cccc([N+](=O)[O-])c2)c(=O)[nH]/c1=C/c1cccc([N+](=O)[O-])c1. The van der Waals surface area contributed by atoms with Crippen LogP contribution in [0.5, 0.6) is 0 Å². The number of hydrogen-bond donors (Lipinski definition) is 2. The topological polar surface area (TPSA) is 152 Å². The molecule has 0 saturated heterocycles. The number of benzene rings is 2. The van der Waals surface area contributed by atoms with Crippen LogP contribution in [0.25, 0.3) is 12.2 Å². The minimum atomic E-state index is -0.622. The van der Waals surface area contributed by atoms with Crippen LogP contribution in [-0.2, 0) is 0 Å². The number of aromatic nitrogens is 2. The van der Waals surface area contributed by atoms with E-state index in [1.165, 1.54) is 48.6 Å². The molecule has 0 atom stereocenters. The molecule has 0 unspecified atom stereocenters. The fourth-order valence-electron chi connectivity index (χ4n) is 2.49. The second kappa shape index (κ2) is 7.50. The number of non-ortho nitro benzene ring substituents is 2. The summed E-state index contributed by atoms with van der Waals surface area (Å²) in [6.45, 7) is 0. The molecular weight excluding hydrogens is 368 g/mol. The van der Waals surface area contributed by atoms with E-state index in [4.69, 9.17) is 0 Å². The fourth-order valence-corrected chi connectivity index (χ4v) is 2.49. The van der Waals surface area contributed by atoms with Crippen LogP contribution in [0.4, 0.5) is 11.4 Å². The molecule has 1 heterocycles. The van der Waals surface area contributed by atoms with Gasteiger partial charge in [0.1, 0.15) is 10.7 Å². The summed E-state index contributed by atoms with van der Waals surface area (Å²) in [4.78, 5) is 49.9. The predicted molar refractivity (Wildman–Crippen MR) is 100 cm³/mol. The molecule has 0 radical (unpaired) electrons. The first-order valence-corrected chi connectivity index (χ1v) is 7.88. The quantitative estimate of drug-likeness (QED) is 0.498. The number of nitro groups is 2. The third-order valence-electron chi connectivity index (χ3n) is 3.77. The van der Waals surface area contributed by atoms with Crippen molar-refractivity contribution in [3.8, 4) is 0 Å².